The Kier molecular flexibility index (Phi) is 3.79. The quantitative estimate of drug-likeness (QED) is 0.871. The van der Waals surface area contributed by atoms with Crippen LogP contribution in [0.15, 0.2) is 18.2 Å². The van der Waals surface area contributed by atoms with Gasteiger partial charge in [0.05, 0.1) is 11.8 Å². The molecule has 17 heavy (non-hydrogen) atoms. The van der Waals surface area contributed by atoms with E-state index in [4.69, 9.17) is 0 Å². The Balaban J connectivity index is 2.33. The standard InChI is InChI=1S/C12H16FNO2S/c1-9(15)10-3-2-4-11(13)12(10)14-5-7-17(16)8-6-14/h2-4,9,15H,5-8H2,1H3/t9-/m1/s1. The Bertz CT molecular complexity index is 427. The van der Waals surface area contributed by atoms with Crippen LogP contribution in [0.3, 0.4) is 0 Å². The Morgan fingerprint density at radius 3 is 2.65 bits per heavy atom. The van der Waals surface area contributed by atoms with Crippen LogP contribution in [0.4, 0.5) is 10.1 Å². The number of para-hydroxylation sites is 1. The molecule has 0 aliphatic carbocycles. The molecule has 0 amide bonds. The molecule has 1 aromatic rings. The van der Waals surface area contributed by atoms with Gasteiger partial charge in [-0.15, -0.1) is 0 Å². The fourth-order valence-corrected chi connectivity index (χ4v) is 3.12. The van der Waals surface area contributed by atoms with E-state index in [1.807, 2.05) is 4.90 Å². The summed E-state index contributed by atoms with van der Waals surface area (Å²) in [5.41, 5.74) is 1.05. The number of aliphatic hydroxyl groups excluding tert-OH is 1. The van der Waals surface area contributed by atoms with Crippen LogP contribution in [0.2, 0.25) is 0 Å². The number of hydrogen-bond donors (Lipinski definition) is 1. The zero-order valence-corrected chi connectivity index (χ0v) is 10.5. The lowest BCUT2D eigenvalue weighted by molar-refractivity contribution is 0.199. The van der Waals surface area contributed by atoms with E-state index < -0.39 is 16.9 Å². The van der Waals surface area contributed by atoms with Gasteiger partial charge in [0.1, 0.15) is 5.82 Å². The van der Waals surface area contributed by atoms with Crippen LogP contribution in [-0.2, 0) is 10.8 Å². The van der Waals surface area contributed by atoms with Crippen LogP contribution in [0.1, 0.15) is 18.6 Å². The third-order valence-corrected chi connectivity index (χ3v) is 4.24. The normalized spacial score (nSPS) is 19.4. The number of rotatable bonds is 2. The first-order chi connectivity index (χ1) is 8.09. The Hall–Kier alpha value is -0.940. The van der Waals surface area contributed by atoms with E-state index in [2.05, 4.69) is 0 Å². The summed E-state index contributed by atoms with van der Waals surface area (Å²) < 4.78 is 25.1. The fourth-order valence-electron chi connectivity index (χ4n) is 2.06. The van der Waals surface area contributed by atoms with Crippen molar-refractivity contribution in [1.29, 1.82) is 0 Å². The Morgan fingerprint density at radius 1 is 1.41 bits per heavy atom. The molecule has 0 spiro atoms. The summed E-state index contributed by atoms with van der Waals surface area (Å²) in [5.74, 6) is 0.803. The van der Waals surface area contributed by atoms with E-state index in [-0.39, 0.29) is 5.82 Å². The maximum absolute atomic E-state index is 13.9. The highest BCUT2D eigenvalue weighted by molar-refractivity contribution is 7.85. The van der Waals surface area contributed by atoms with Gasteiger partial charge in [0.25, 0.3) is 0 Å². The zero-order valence-electron chi connectivity index (χ0n) is 9.73. The lowest BCUT2D eigenvalue weighted by Crippen LogP contribution is -2.38. The van der Waals surface area contributed by atoms with Crippen molar-refractivity contribution in [1.82, 2.24) is 0 Å². The van der Waals surface area contributed by atoms with Crippen molar-refractivity contribution >= 4 is 16.5 Å². The molecule has 1 N–H and O–H groups in total. The first-order valence-corrected chi connectivity index (χ1v) is 7.15. The van der Waals surface area contributed by atoms with Crippen molar-refractivity contribution in [3.8, 4) is 0 Å². The second kappa shape index (κ2) is 5.14. The molecule has 3 nitrogen and oxygen atoms in total. The van der Waals surface area contributed by atoms with Gasteiger partial charge in [-0.3, -0.25) is 4.21 Å². The van der Waals surface area contributed by atoms with Crippen molar-refractivity contribution in [2.45, 2.75) is 13.0 Å². The van der Waals surface area contributed by atoms with Gasteiger partial charge in [-0.05, 0) is 13.0 Å². The van der Waals surface area contributed by atoms with Crippen LogP contribution in [0.5, 0.6) is 0 Å². The van der Waals surface area contributed by atoms with Gasteiger partial charge in [0.2, 0.25) is 0 Å². The summed E-state index contributed by atoms with van der Waals surface area (Å²) in [6, 6.07) is 4.73. The molecule has 1 aromatic carbocycles. The number of halogens is 1. The van der Waals surface area contributed by atoms with Crippen molar-refractivity contribution in [2.24, 2.45) is 0 Å². The zero-order chi connectivity index (χ0) is 12.4. The van der Waals surface area contributed by atoms with E-state index in [0.29, 0.717) is 35.8 Å². The molecule has 1 saturated heterocycles. The highest BCUT2D eigenvalue weighted by Gasteiger charge is 2.22. The van der Waals surface area contributed by atoms with Crippen molar-refractivity contribution in [3.63, 3.8) is 0 Å². The number of benzene rings is 1. The number of hydrogen-bond acceptors (Lipinski definition) is 3. The molecule has 0 bridgehead atoms. The van der Waals surface area contributed by atoms with E-state index in [0.717, 1.165) is 0 Å². The lowest BCUT2D eigenvalue weighted by Gasteiger charge is -2.31. The lowest BCUT2D eigenvalue weighted by atomic mass is 10.1. The molecule has 5 heteroatoms. The second-order valence-electron chi connectivity index (χ2n) is 4.19. The molecule has 1 aliphatic heterocycles. The molecule has 1 aliphatic rings. The molecular formula is C12H16FNO2S. The molecule has 2 rings (SSSR count). The average molecular weight is 257 g/mol. The van der Waals surface area contributed by atoms with E-state index in [9.17, 15) is 13.7 Å². The molecule has 0 saturated carbocycles. The highest BCUT2D eigenvalue weighted by atomic mass is 32.2. The van der Waals surface area contributed by atoms with E-state index in [1.54, 1.807) is 19.1 Å². The van der Waals surface area contributed by atoms with Crippen LogP contribution in [-0.4, -0.2) is 33.9 Å². The summed E-state index contributed by atoms with van der Waals surface area (Å²) in [4.78, 5) is 1.87. The van der Waals surface area contributed by atoms with Crippen LogP contribution in [0, 0.1) is 5.82 Å². The highest BCUT2D eigenvalue weighted by Crippen LogP contribution is 2.29. The molecule has 1 atom stereocenters. The Labute approximate surface area is 103 Å². The monoisotopic (exact) mass is 257 g/mol. The smallest absolute Gasteiger partial charge is 0.146 e. The fraction of sp³-hybridized carbons (Fsp3) is 0.500. The van der Waals surface area contributed by atoms with Crippen LogP contribution in [0.25, 0.3) is 0 Å². The second-order valence-corrected chi connectivity index (χ2v) is 5.88. The summed E-state index contributed by atoms with van der Waals surface area (Å²) >= 11 is 0. The molecule has 0 unspecified atom stereocenters. The average Bonchev–Trinajstić information content (AvgIpc) is 2.30. The van der Waals surface area contributed by atoms with Gasteiger partial charge in [-0.2, -0.15) is 0 Å². The van der Waals surface area contributed by atoms with Crippen LogP contribution < -0.4 is 4.90 Å². The maximum Gasteiger partial charge on any atom is 0.146 e. The molecule has 0 radical (unpaired) electrons. The number of anilines is 1. The minimum atomic E-state index is -0.785. The van der Waals surface area contributed by atoms with E-state index in [1.165, 1.54) is 6.07 Å². The largest absolute Gasteiger partial charge is 0.389 e. The minimum absolute atomic E-state index is 0.323. The third kappa shape index (κ3) is 2.66. The SMILES string of the molecule is C[C@@H](O)c1cccc(F)c1N1CCS(=O)CC1. The van der Waals surface area contributed by atoms with Gasteiger partial charge < -0.3 is 10.0 Å². The molecular weight excluding hydrogens is 241 g/mol. The van der Waals surface area contributed by atoms with Crippen molar-refractivity contribution in [3.05, 3.63) is 29.6 Å². The molecule has 1 heterocycles. The minimum Gasteiger partial charge on any atom is -0.389 e. The summed E-state index contributed by atoms with van der Waals surface area (Å²) in [6.45, 7) is 2.78. The topological polar surface area (TPSA) is 40.5 Å². The van der Waals surface area contributed by atoms with Gasteiger partial charge in [0.15, 0.2) is 0 Å². The number of nitrogens with zero attached hydrogens (tertiary/aromatic N) is 1. The van der Waals surface area contributed by atoms with Gasteiger partial charge in [-0.1, -0.05) is 12.1 Å². The maximum atomic E-state index is 13.9. The predicted octanol–water partition coefficient (Wildman–Crippen LogP) is 1.45. The Morgan fingerprint density at radius 2 is 2.06 bits per heavy atom. The first-order valence-electron chi connectivity index (χ1n) is 5.66. The molecule has 94 valence electrons. The van der Waals surface area contributed by atoms with Crippen molar-refractivity contribution in [2.75, 3.05) is 29.5 Å². The van der Waals surface area contributed by atoms with Gasteiger partial charge in [-0.25, -0.2) is 4.39 Å². The molecule has 0 aromatic heterocycles. The summed E-state index contributed by atoms with van der Waals surface area (Å²) in [5, 5.41) is 9.66. The van der Waals surface area contributed by atoms with E-state index >= 15 is 0 Å². The molecule has 1 fully saturated rings. The summed E-state index contributed by atoms with van der Waals surface area (Å²) in [6.07, 6.45) is -0.701. The summed E-state index contributed by atoms with van der Waals surface area (Å²) in [7, 11) is -0.785. The van der Waals surface area contributed by atoms with Crippen LogP contribution >= 0.6 is 0 Å². The first kappa shape index (κ1) is 12.5. The predicted molar refractivity (Wildman–Crippen MR) is 67.1 cm³/mol. The van der Waals surface area contributed by atoms with Crippen molar-refractivity contribution < 1.29 is 13.7 Å². The number of aliphatic hydroxyl groups is 1. The van der Waals surface area contributed by atoms with Gasteiger partial charge in [0, 0.05) is 41.0 Å². The van der Waals surface area contributed by atoms with Gasteiger partial charge >= 0.3 is 0 Å². The third-order valence-electron chi connectivity index (χ3n) is 2.96.